The summed E-state index contributed by atoms with van der Waals surface area (Å²) in [7, 11) is 3.53. The van der Waals surface area contributed by atoms with E-state index in [1.54, 1.807) is 19.2 Å². The van der Waals surface area contributed by atoms with Crippen LogP contribution in [0.15, 0.2) is 30.3 Å². The third-order valence-corrected chi connectivity index (χ3v) is 10.2. The number of hydrogen-bond donors (Lipinski definition) is 3. The summed E-state index contributed by atoms with van der Waals surface area (Å²) in [6.45, 7) is 6.01. The maximum absolute atomic E-state index is 14.5. The number of benzene rings is 1. The number of ether oxygens (including phenoxy) is 1. The van der Waals surface area contributed by atoms with E-state index < -0.39 is 12.2 Å². The molecule has 0 spiro atoms. The van der Waals surface area contributed by atoms with Crippen molar-refractivity contribution in [2.75, 3.05) is 20.2 Å². The fourth-order valence-corrected chi connectivity index (χ4v) is 7.30. The van der Waals surface area contributed by atoms with Crippen LogP contribution in [0.4, 0.5) is 4.39 Å². The van der Waals surface area contributed by atoms with Crippen LogP contribution < -0.4 is 20.7 Å². The number of alkyl halides is 1. The summed E-state index contributed by atoms with van der Waals surface area (Å²) in [6, 6.07) is 8.83. The van der Waals surface area contributed by atoms with E-state index >= 15 is 0 Å². The van der Waals surface area contributed by atoms with E-state index in [9.17, 15) is 14.0 Å². The van der Waals surface area contributed by atoms with Gasteiger partial charge in [0.25, 0.3) is 5.91 Å². The van der Waals surface area contributed by atoms with Crippen LogP contribution in [0.5, 0.6) is 5.75 Å². The molecule has 7 rings (SSSR count). The maximum Gasteiger partial charge on any atom is 0.251 e. The lowest BCUT2D eigenvalue weighted by Gasteiger charge is -2.27. The second-order valence-corrected chi connectivity index (χ2v) is 13.4. The number of aromatic nitrogens is 4. The van der Waals surface area contributed by atoms with Gasteiger partial charge in [0.05, 0.1) is 36.1 Å². The number of nitrogens with zero attached hydrogens (tertiary/aromatic N) is 4. The largest absolute Gasteiger partial charge is 0.494 e. The normalized spacial score (nSPS) is 27.2. The number of fused-ring (bicyclic) bond motifs is 3. The SMILES string of the molecule is COc1cc(C(=O)N[C@H]2CNCC[C@@H]2F)cc2nc(-c3cc4ccc5nc4n3CCCCC[C@]3(C)C[C@H]3C(=O)N[C@@H]5C)n(C)c12. The second kappa shape index (κ2) is 11.4. The number of pyridine rings is 1. The van der Waals surface area contributed by atoms with Gasteiger partial charge in [0.2, 0.25) is 5.91 Å². The van der Waals surface area contributed by atoms with Gasteiger partial charge in [-0.25, -0.2) is 14.4 Å². The van der Waals surface area contributed by atoms with Gasteiger partial charge in [-0.3, -0.25) is 9.59 Å². The summed E-state index contributed by atoms with van der Waals surface area (Å²) < 4.78 is 24.5. The molecule has 3 N–H and O–H groups in total. The lowest BCUT2D eigenvalue weighted by Crippen LogP contribution is -2.52. The van der Waals surface area contributed by atoms with Crippen molar-refractivity contribution in [1.29, 1.82) is 0 Å². The lowest BCUT2D eigenvalue weighted by molar-refractivity contribution is -0.123. The number of hydrogen-bond acceptors (Lipinski definition) is 6. The van der Waals surface area contributed by atoms with Gasteiger partial charge in [0.15, 0.2) is 5.82 Å². The Balaban J connectivity index is 1.27. The van der Waals surface area contributed by atoms with Crippen LogP contribution in [0.25, 0.3) is 33.6 Å². The Bertz CT molecular complexity index is 1800. The first-order valence-corrected chi connectivity index (χ1v) is 16.2. The van der Waals surface area contributed by atoms with E-state index in [0.29, 0.717) is 36.3 Å². The van der Waals surface area contributed by atoms with E-state index in [-0.39, 0.29) is 29.2 Å². The molecule has 5 atom stereocenters. The van der Waals surface area contributed by atoms with E-state index in [4.69, 9.17) is 14.7 Å². The molecule has 2 fully saturated rings. The van der Waals surface area contributed by atoms with E-state index in [1.807, 2.05) is 24.6 Å². The summed E-state index contributed by atoms with van der Waals surface area (Å²) in [5.41, 5.74) is 4.46. The van der Waals surface area contributed by atoms with Crippen molar-refractivity contribution < 1.29 is 18.7 Å². The van der Waals surface area contributed by atoms with E-state index in [1.165, 1.54) is 0 Å². The molecule has 45 heavy (non-hydrogen) atoms. The van der Waals surface area contributed by atoms with Gasteiger partial charge in [-0.1, -0.05) is 19.8 Å². The topological polar surface area (TPSA) is 115 Å². The molecule has 1 aliphatic carbocycles. The smallest absolute Gasteiger partial charge is 0.251 e. The number of carbonyl (C=O) groups is 2. The highest BCUT2D eigenvalue weighted by molar-refractivity contribution is 6.00. The minimum Gasteiger partial charge on any atom is -0.494 e. The number of rotatable bonds is 4. The number of halogens is 1. The number of amides is 2. The first kappa shape index (κ1) is 29.7. The predicted molar refractivity (Wildman–Crippen MR) is 171 cm³/mol. The van der Waals surface area contributed by atoms with Crippen molar-refractivity contribution in [1.82, 2.24) is 35.1 Å². The zero-order chi connectivity index (χ0) is 31.5. The van der Waals surface area contributed by atoms with Crippen LogP contribution in [0.2, 0.25) is 0 Å². The Morgan fingerprint density at radius 3 is 2.82 bits per heavy atom. The Labute approximate surface area is 262 Å². The highest BCUT2D eigenvalue weighted by Crippen LogP contribution is 2.56. The molecule has 1 saturated carbocycles. The fourth-order valence-electron chi connectivity index (χ4n) is 7.30. The van der Waals surface area contributed by atoms with Crippen LogP contribution in [0, 0.1) is 11.3 Å². The summed E-state index contributed by atoms with van der Waals surface area (Å²) in [5.74, 6) is 1.11. The molecular weight excluding hydrogens is 573 g/mol. The first-order valence-electron chi connectivity index (χ1n) is 16.2. The fraction of sp³-hybridized carbons (Fsp3) is 0.529. The van der Waals surface area contributed by atoms with E-state index in [0.717, 1.165) is 72.4 Å². The number of piperidine rings is 1. The zero-order valence-corrected chi connectivity index (χ0v) is 26.5. The predicted octanol–water partition coefficient (Wildman–Crippen LogP) is 4.81. The van der Waals surface area contributed by atoms with Crippen LogP contribution in [-0.4, -0.2) is 63.3 Å². The van der Waals surface area contributed by atoms with Gasteiger partial charge in [-0.05, 0) is 74.9 Å². The number of methoxy groups -OCH3 is 1. The number of aryl methyl sites for hydroxylation is 2. The highest BCUT2D eigenvalue weighted by Gasteiger charge is 2.53. The molecule has 3 aliphatic rings. The summed E-state index contributed by atoms with van der Waals surface area (Å²) in [5, 5.41) is 10.2. The molecule has 4 aromatic rings. The minimum atomic E-state index is -1.09. The zero-order valence-electron chi connectivity index (χ0n) is 26.5. The van der Waals surface area contributed by atoms with Crippen LogP contribution >= 0.6 is 0 Å². The molecule has 3 aromatic heterocycles. The summed E-state index contributed by atoms with van der Waals surface area (Å²) >= 11 is 0. The van der Waals surface area contributed by atoms with Gasteiger partial charge < -0.3 is 29.8 Å². The van der Waals surface area contributed by atoms with Crippen molar-refractivity contribution in [3.8, 4) is 17.3 Å². The van der Waals surface area contributed by atoms with Crippen LogP contribution in [-0.2, 0) is 18.4 Å². The number of nitrogens with one attached hydrogen (secondary N) is 3. The Kier molecular flexibility index (Phi) is 7.54. The van der Waals surface area contributed by atoms with E-state index in [2.05, 4.69) is 39.6 Å². The van der Waals surface area contributed by atoms with Crippen molar-refractivity contribution in [2.24, 2.45) is 18.4 Å². The second-order valence-electron chi connectivity index (χ2n) is 13.4. The Morgan fingerprint density at radius 2 is 2.02 bits per heavy atom. The summed E-state index contributed by atoms with van der Waals surface area (Å²) in [6.07, 6.45) is 4.41. The van der Waals surface area contributed by atoms with Gasteiger partial charge >= 0.3 is 0 Å². The highest BCUT2D eigenvalue weighted by atomic mass is 19.1. The average molecular weight is 616 g/mol. The molecule has 0 radical (unpaired) electrons. The molecule has 5 heterocycles. The minimum absolute atomic E-state index is 0.0908. The third-order valence-electron chi connectivity index (χ3n) is 10.2. The van der Waals surface area contributed by atoms with Crippen molar-refractivity contribution in [3.63, 3.8) is 0 Å². The molecule has 0 unspecified atom stereocenters. The maximum atomic E-state index is 14.5. The molecule has 238 valence electrons. The molecular formula is C34H42FN7O3. The van der Waals surface area contributed by atoms with Crippen LogP contribution in [0.3, 0.4) is 0 Å². The van der Waals surface area contributed by atoms with Gasteiger partial charge in [-0.2, -0.15) is 0 Å². The number of imidazole rings is 1. The van der Waals surface area contributed by atoms with Crippen molar-refractivity contribution in [2.45, 2.75) is 77.2 Å². The molecule has 1 aromatic carbocycles. The monoisotopic (exact) mass is 615 g/mol. The van der Waals surface area contributed by atoms with Gasteiger partial charge in [0.1, 0.15) is 23.1 Å². The molecule has 1 saturated heterocycles. The first-order chi connectivity index (χ1) is 21.7. The molecule has 2 amide bonds. The van der Waals surface area contributed by atoms with Crippen molar-refractivity contribution in [3.05, 3.63) is 41.6 Å². The average Bonchev–Trinajstić information content (AvgIpc) is 3.41. The summed E-state index contributed by atoms with van der Waals surface area (Å²) in [4.78, 5) is 36.4. The van der Waals surface area contributed by atoms with Gasteiger partial charge in [-0.15, -0.1) is 0 Å². The molecule has 11 heteroatoms. The Morgan fingerprint density at radius 1 is 1.18 bits per heavy atom. The third kappa shape index (κ3) is 5.34. The molecule has 2 bridgehead atoms. The number of carbonyl (C=O) groups excluding carboxylic acids is 2. The molecule has 10 nitrogen and oxygen atoms in total. The van der Waals surface area contributed by atoms with Crippen LogP contribution in [0.1, 0.15) is 74.5 Å². The van der Waals surface area contributed by atoms with Gasteiger partial charge in [0, 0.05) is 37.0 Å². The Hall–Kier alpha value is -3.99. The van der Waals surface area contributed by atoms with Crippen molar-refractivity contribution >= 4 is 33.9 Å². The standard InChI is InChI=1S/C34H42FN7O3/c1-19-24-9-8-20-15-27(42(30(20)38-24)13-7-5-6-11-34(2)17-22(34)33(44)37-19)31-39-25-14-21(16-28(45-4)29(25)41(31)3)32(43)40-26-18-36-12-10-23(26)35/h8-9,14-16,19,22-23,26,36H,5-7,10-13,17-18H2,1-4H3,(H,37,44)(H,40,43)/t19-,22+,23+,26+,34-/m1/s1. The quantitative estimate of drug-likeness (QED) is 0.304. The lowest BCUT2D eigenvalue weighted by atomic mass is 9.97. The molecule has 2 aliphatic heterocycles.